The van der Waals surface area contributed by atoms with Crippen molar-refractivity contribution in [3.05, 3.63) is 47.1 Å². The highest BCUT2D eigenvalue weighted by Gasteiger charge is 2.32. The number of thiophene rings is 1. The fourth-order valence-corrected chi connectivity index (χ4v) is 5.52. The zero-order chi connectivity index (χ0) is 19.6. The van der Waals surface area contributed by atoms with Gasteiger partial charge in [0.1, 0.15) is 10.0 Å². The molecule has 0 bridgehead atoms. The summed E-state index contributed by atoms with van der Waals surface area (Å²) in [4.78, 5) is 14.4. The molecule has 1 amide bonds. The van der Waals surface area contributed by atoms with Crippen molar-refractivity contribution in [2.75, 3.05) is 31.5 Å². The van der Waals surface area contributed by atoms with Gasteiger partial charge in [0.05, 0.1) is 6.04 Å². The molecule has 1 aliphatic rings. The quantitative estimate of drug-likeness (QED) is 0.821. The summed E-state index contributed by atoms with van der Waals surface area (Å²) in [6.07, 6.45) is 0. The van der Waals surface area contributed by atoms with Crippen molar-refractivity contribution >= 4 is 33.0 Å². The molecule has 0 radical (unpaired) electrons. The highest BCUT2D eigenvalue weighted by Crippen LogP contribution is 2.22. The van der Waals surface area contributed by atoms with Crippen molar-refractivity contribution in [2.24, 2.45) is 0 Å². The second kappa shape index (κ2) is 8.05. The molecule has 146 valence electrons. The molecule has 2 aromatic rings. The van der Waals surface area contributed by atoms with E-state index in [0.29, 0.717) is 41.6 Å². The summed E-state index contributed by atoms with van der Waals surface area (Å²) in [5.74, 6) is -0.610. The van der Waals surface area contributed by atoms with Gasteiger partial charge >= 0.3 is 0 Å². The lowest BCUT2D eigenvalue weighted by atomic mass is 10.2. The summed E-state index contributed by atoms with van der Waals surface area (Å²) in [6, 6.07) is 7.45. The molecule has 3 rings (SSSR count). The van der Waals surface area contributed by atoms with E-state index in [9.17, 15) is 17.6 Å². The smallest absolute Gasteiger partial charge is 0.252 e. The predicted octanol–water partition coefficient (Wildman–Crippen LogP) is 2.53. The summed E-state index contributed by atoms with van der Waals surface area (Å²) >= 11 is 1.20. The lowest BCUT2D eigenvalue weighted by Crippen LogP contribution is -2.53. The number of benzene rings is 1. The highest BCUT2D eigenvalue weighted by atomic mass is 32.2. The summed E-state index contributed by atoms with van der Waals surface area (Å²) in [5.41, 5.74) is 0.929. The Morgan fingerprint density at radius 1 is 1.22 bits per heavy atom. The summed E-state index contributed by atoms with van der Waals surface area (Å²) in [5, 5.41) is 4.46. The Balaban J connectivity index is 1.58. The minimum atomic E-state index is -3.46. The Hall–Kier alpha value is -1.81. The summed E-state index contributed by atoms with van der Waals surface area (Å²) in [7, 11) is -3.46. The van der Waals surface area contributed by atoms with Crippen LogP contribution in [0.25, 0.3) is 0 Å². The van der Waals surface area contributed by atoms with Gasteiger partial charge in [-0.15, -0.1) is 11.3 Å². The molecule has 0 aliphatic carbocycles. The van der Waals surface area contributed by atoms with E-state index in [0.717, 1.165) is 0 Å². The lowest BCUT2D eigenvalue weighted by Gasteiger charge is -2.36. The van der Waals surface area contributed by atoms with Crippen LogP contribution >= 0.6 is 11.3 Å². The molecule has 1 aromatic heterocycles. The van der Waals surface area contributed by atoms with Crippen LogP contribution in [-0.2, 0) is 14.8 Å². The van der Waals surface area contributed by atoms with Gasteiger partial charge in [-0.25, -0.2) is 12.8 Å². The Kier molecular flexibility index (Phi) is 5.95. The van der Waals surface area contributed by atoms with Crippen molar-refractivity contribution < 1.29 is 17.6 Å². The molecule has 1 N–H and O–H groups in total. The van der Waals surface area contributed by atoms with E-state index >= 15 is 0 Å². The number of halogens is 1. The van der Waals surface area contributed by atoms with Crippen LogP contribution in [0.4, 0.5) is 10.1 Å². The van der Waals surface area contributed by atoms with Gasteiger partial charge in [0, 0.05) is 31.9 Å². The summed E-state index contributed by atoms with van der Waals surface area (Å²) < 4.78 is 40.5. The van der Waals surface area contributed by atoms with E-state index in [1.165, 1.54) is 21.7 Å². The first-order chi connectivity index (χ1) is 12.8. The molecule has 6 nitrogen and oxygen atoms in total. The van der Waals surface area contributed by atoms with Crippen molar-refractivity contribution in [1.82, 2.24) is 9.21 Å². The fraction of sp³-hybridized carbons (Fsp3) is 0.389. The largest absolute Gasteiger partial charge is 0.325 e. The Morgan fingerprint density at radius 2 is 1.93 bits per heavy atom. The average Bonchev–Trinajstić information content (AvgIpc) is 3.20. The van der Waals surface area contributed by atoms with Gasteiger partial charge in [0.2, 0.25) is 5.91 Å². The second-order valence-corrected chi connectivity index (χ2v) is 9.61. The van der Waals surface area contributed by atoms with E-state index in [-0.39, 0.29) is 11.7 Å². The number of hydrogen-bond acceptors (Lipinski definition) is 5. The Labute approximate surface area is 162 Å². The maximum absolute atomic E-state index is 13.6. The third-order valence-corrected chi connectivity index (χ3v) is 8.00. The van der Waals surface area contributed by atoms with E-state index in [1.807, 2.05) is 4.90 Å². The van der Waals surface area contributed by atoms with E-state index < -0.39 is 16.1 Å². The van der Waals surface area contributed by atoms with E-state index in [2.05, 4.69) is 5.32 Å². The van der Waals surface area contributed by atoms with Crippen LogP contribution in [0, 0.1) is 12.7 Å². The maximum atomic E-state index is 13.6. The zero-order valence-corrected chi connectivity index (χ0v) is 16.8. The number of rotatable bonds is 5. The monoisotopic (exact) mass is 411 g/mol. The molecule has 1 unspecified atom stereocenters. The van der Waals surface area contributed by atoms with Crippen molar-refractivity contribution in [2.45, 2.75) is 24.1 Å². The summed E-state index contributed by atoms with van der Waals surface area (Å²) in [6.45, 7) is 5.01. The molecule has 1 atom stereocenters. The van der Waals surface area contributed by atoms with Crippen LogP contribution in [-0.4, -0.2) is 55.8 Å². The molecule has 1 aliphatic heterocycles. The third kappa shape index (κ3) is 4.37. The molecule has 2 heterocycles. The molecule has 0 saturated carbocycles. The minimum absolute atomic E-state index is 0.243. The first-order valence-electron chi connectivity index (χ1n) is 8.64. The number of carbonyl (C=O) groups is 1. The molecule has 9 heteroatoms. The molecule has 1 fully saturated rings. The number of piperazine rings is 1. The number of carbonyl (C=O) groups excluding carboxylic acids is 1. The van der Waals surface area contributed by atoms with Gasteiger partial charge in [-0.3, -0.25) is 9.69 Å². The van der Waals surface area contributed by atoms with E-state index in [1.54, 1.807) is 43.5 Å². The normalized spacial score (nSPS) is 17.6. The second-order valence-electron chi connectivity index (χ2n) is 6.50. The average molecular weight is 412 g/mol. The predicted molar refractivity (Wildman–Crippen MR) is 104 cm³/mol. The van der Waals surface area contributed by atoms with Gasteiger partial charge in [-0.05, 0) is 43.0 Å². The third-order valence-electron chi connectivity index (χ3n) is 4.73. The van der Waals surface area contributed by atoms with Gasteiger partial charge < -0.3 is 5.32 Å². The highest BCUT2D eigenvalue weighted by molar-refractivity contribution is 7.91. The van der Waals surface area contributed by atoms with Crippen LogP contribution in [0.5, 0.6) is 0 Å². The van der Waals surface area contributed by atoms with Crippen LogP contribution in [0.2, 0.25) is 0 Å². The number of hydrogen-bond donors (Lipinski definition) is 1. The van der Waals surface area contributed by atoms with E-state index in [4.69, 9.17) is 0 Å². The topological polar surface area (TPSA) is 69.7 Å². The molecule has 1 aromatic carbocycles. The number of sulfonamides is 1. The lowest BCUT2D eigenvalue weighted by molar-refractivity contribution is -0.121. The molecular formula is C18H22FN3O3S2. The van der Waals surface area contributed by atoms with Crippen molar-refractivity contribution in [3.63, 3.8) is 0 Å². The number of aryl methyl sites for hydroxylation is 1. The Morgan fingerprint density at radius 3 is 2.52 bits per heavy atom. The SMILES string of the molecule is Cc1ccc(NC(=O)C(C)N2CCN(S(=O)(=O)c3cccs3)CC2)cc1F. The van der Waals surface area contributed by atoms with Crippen LogP contribution in [0.3, 0.4) is 0 Å². The number of anilines is 1. The zero-order valence-electron chi connectivity index (χ0n) is 15.2. The fourth-order valence-electron chi connectivity index (χ4n) is 2.95. The number of amides is 1. The van der Waals surface area contributed by atoms with Gasteiger partial charge in [-0.2, -0.15) is 4.31 Å². The number of nitrogens with zero attached hydrogens (tertiary/aromatic N) is 2. The molecule has 27 heavy (non-hydrogen) atoms. The number of nitrogens with one attached hydrogen (secondary N) is 1. The van der Waals surface area contributed by atoms with Gasteiger partial charge in [0.15, 0.2) is 0 Å². The molecule has 1 saturated heterocycles. The molecular weight excluding hydrogens is 389 g/mol. The first-order valence-corrected chi connectivity index (χ1v) is 11.0. The minimum Gasteiger partial charge on any atom is -0.325 e. The van der Waals surface area contributed by atoms with Crippen LogP contribution < -0.4 is 5.32 Å². The Bertz CT molecular complexity index is 908. The first kappa shape index (κ1) is 19.9. The van der Waals surface area contributed by atoms with Gasteiger partial charge in [-0.1, -0.05) is 12.1 Å². The van der Waals surface area contributed by atoms with Crippen molar-refractivity contribution in [3.8, 4) is 0 Å². The maximum Gasteiger partial charge on any atom is 0.252 e. The van der Waals surface area contributed by atoms with Crippen molar-refractivity contribution in [1.29, 1.82) is 0 Å². The molecule has 0 spiro atoms. The standard InChI is InChI=1S/C18H22FN3O3S2/c1-13-5-6-15(12-16(13)19)20-18(23)14(2)21-7-9-22(10-8-21)27(24,25)17-4-3-11-26-17/h3-6,11-12,14H,7-10H2,1-2H3,(H,20,23). The van der Waals surface area contributed by atoms with Gasteiger partial charge in [0.25, 0.3) is 10.0 Å². The van der Waals surface area contributed by atoms with Crippen LogP contribution in [0.15, 0.2) is 39.9 Å². The van der Waals surface area contributed by atoms with Crippen LogP contribution in [0.1, 0.15) is 12.5 Å².